The summed E-state index contributed by atoms with van der Waals surface area (Å²) < 4.78 is 5.82. The molecule has 3 nitrogen and oxygen atoms in total. The topological polar surface area (TPSA) is 59.0 Å². The second kappa shape index (κ2) is 6.24. The van der Waals surface area contributed by atoms with Gasteiger partial charge in [-0.25, -0.2) is 0 Å². The largest absolute Gasteiger partial charge is 0.483 e. The number of para-hydroxylation sites is 1. The van der Waals surface area contributed by atoms with Crippen molar-refractivity contribution >= 4 is 11.6 Å². The van der Waals surface area contributed by atoms with Crippen molar-refractivity contribution < 1.29 is 4.74 Å². The lowest BCUT2D eigenvalue weighted by Gasteiger charge is -2.18. The Morgan fingerprint density at radius 3 is 2.47 bits per heavy atom. The summed E-state index contributed by atoms with van der Waals surface area (Å²) in [6, 6.07) is 16.5. The quantitative estimate of drug-likeness (QED) is 0.929. The van der Waals surface area contributed by atoms with E-state index < -0.39 is 0 Å². The molecule has 0 radical (unpaired) electrons. The van der Waals surface area contributed by atoms with Gasteiger partial charge in [-0.1, -0.05) is 35.9 Å². The van der Waals surface area contributed by atoms with Gasteiger partial charge < -0.3 is 10.5 Å². The van der Waals surface area contributed by atoms with Crippen LogP contribution in [0.3, 0.4) is 0 Å². The third kappa shape index (κ3) is 3.25. The highest BCUT2D eigenvalue weighted by atomic mass is 35.5. The summed E-state index contributed by atoms with van der Waals surface area (Å²) >= 11 is 5.85. The van der Waals surface area contributed by atoms with Crippen LogP contribution in [0.4, 0.5) is 0 Å². The molecule has 2 N–H and O–H groups in total. The maximum Gasteiger partial charge on any atom is 0.138 e. The van der Waals surface area contributed by atoms with E-state index >= 15 is 0 Å². The van der Waals surface area contributed by atoms with Crippen LogP contribution in [0, 0.1) is 11.3 Å². The lowest BCUT2D eigenvalue weighted by molar-refractivity contribution is 0.213. The second-order valence-corrected chi connectivity index (χ2v) is 4.44. The van der Waals surface area contributed by atoms with Gasteiger partial charge in [-0.15, -0.1) is 0 Å². The molecule has 4 heteroatoms. The van der Waals surface area contributed by atoms with Gasteiger partial charge in [-0.2, -0.15) is 5.26 Å². The highest BCUT2D eigenvalue weighted by molar-refractivity contribution is 6.30. The third-order valence-corrected chi connectivity index (χ3v) is 2.98. The number of benzene rings is 2. The first-order chi connectivity index (χ1) is 9.24. The van der Waals surface area contributed by atoms with Gasteiger partial charge in [0.15, 0.2) is 0 Å². The molecule has 0 aliphatic carbocycles. The molecule has 0 fully saturated rings. The van der Waals surface area contributed by atoms with E-state index in [0.29, 0.717) is 22.9 Å². The Balaban J connectivity index is 2.24. The molecule has 1 atom stereocenters. The van der Waals surface area contributed by atoms with Gasteiger partial charge in [-0.05, 0) is 29.8 Å². The summed E-state index contributed by atoms with van der Waals surface area (Å²) in [5.41, 5.74) is 7.17. The molecule has 0 amide bonds. The normalized spacial score (nSPS) is 11.6. The molecule has 19 heavy (non-hydrogen) atoms. The fourth-order valence-electron chi connectivity index (χ4n) is 1.74. The Labute approximate surface area is 117 Å². The van der Waals surface area contributed by atoms with Gasteiger partial charge in [0, 0.05) is 11.6 Å². The van der Waals surface area contributed by atoms with Crippen LogP contribution in [0.2, 0.25) is 5.02 Å². The number of hydrogen-bond acceptors (Lipinski definition) is 3. The van der Waals surface area contributed by atoms with Crippen LogP contribution in [-0.4, -0.2) is 6.54 Å². The SMILES string of the molecule is N#Cc1ccccc1OC(CN)c1ccc(Cl)cc1. The maximum atomic E-state index is 9.03. The number of nitrogens with two attached hydrogens (primary N) is 1. The zero-order valence-corrected chi connectivity index (χ0v) is 11.0. The van der Waals surface area contributed by atoms with Crippen molar-refractivity contribution in [2.24, 2.45) is 5.73 Å². The van der Waals surface area contributed by atoms with Gasteiger partial charge in [-0.3, -0.25) is 0 Å². The molecule has 0 aliphatic rings. The van der Waals surface area contributed by atoms with Crippen molar-refractivity contribution in [2.75, 3.05) is 6.54 Å². The molecule has 0 aromatic heterocycles. The smallest absolute Gasteiger partial charge is 0.138 e. The highest BCUT2D eigenvalue weighted by Gasteiger charge is 2.13. The summed E-state index contributed by atoms with van der Waals surface area (Å²) in [5.74, 6) is 0.537. The van der Waals surface area contributed by atoms with Gasteiger partial charge in [0.25, 0.3) is 0 Å². The lowest BCUT2D eigenvalue weighted by atomic mass is 10.1. The minimum Gasteiger partial charge on any atom is -0.483 e. The van der Waals surface area contributed by atoms with Gasteiger partial charge >= 0.3 is 0 Å². The Hall–Kier alpha value is -2.02. The minimum absolute atomic E-state index is 0.299. The average molecular weight is 273 g/mol. The molecule has 96 valence electrons. The van der Waals surface area contributed by atoms with Crippen LogP contribution < -0.4 is 10.5 Å². The summed E-state index contributed by atoms with van der Waals surface area (Å²) in [5, 5.41) is 9.70. The first kappa shape index (κ1) is 13.4. The molecular formula is C15H13ClN2O. The van der Waals surface area contributed by atoms with Crippen molar-refractivity contribution in [1.29, 1.82) is 5.26 Å². The second-order valence-electron chi connectivity index (χ2n) is 4.00. The third-order valence-electron chi connectivity index (χ3n) is 2.73. The molecule has 2 aromatic rings. The maximum absolute atomic E-state index is 9.03. The molecule has 0 aliphatic heterocycles. The Morgan fingerprint density at radius 1 is 1.16 bits per heavy atom. The number of rotatable bonds is 4. The number of nitrogens with zero attached hydrogens (tertiary/aromatic N) is 1. The average Bonchev–Trinajstić information content (AvgIpc) is 2.46. The molecule has 2 aromatic carbocycles. The number of hydrogen-bond donors (Lipinski definition) is 1. The van der Waals surface area contributed by atoms with Crippen molar-refractivity contribution in [3.63, 3.8) is 0 Å². The molecule has 0 saturated heterocycles. The summed E-state index contributed by atoms with van der Waals surface area (Å²) in [6.45, 7) is 0.321. The van der Waals surface area contributed by atoms with Crippen molar-refractivity contribution in [2.45, 2.75) is 6.10 Å². The van der Waals surface area contributed by atoms with E-state index in [0.717, 1.165) is 5.56 Å². The fourth-order valence-corrected chi connectivity index (χ4v) is 1.87. The summed E-state index contributed by atoms with van der Waals surface area (Å²) in [7, 11) is 0. The standard InChI is InChI=1S/C15H13ClN2O/c16-13-7-5-11(6-8-13)15(10-18)19-14-4-2-1-3-12(14)9-17/h1-8,15H,10,18H2. The molecular weight excluding hydrogens is 260 g/mol. The number of ether oxygens (including phenoxy) is 1. The molecule has 2 rings (SSSR count). The summed E-state index contributed by atoms with van der Waals surface area (Å²) in [6.07, 6.45) is -0.299. The number of halogens is 1. The molecule has 0 saturated carbocycles. The Kier molecular flexibility index (Phi) is 4.40. The monoisotopic (exact) mass is 272 g/mol. The van der Waals surface area contributed by atoms with Crippen molar-refractivity contribution in [1.82, 2.24) is 0 Å². The van der Waals surface area contributed by atoms with E-state index in [9.17, 15) is 0 Å². The fraction of sp³-hybridized carbons (Fsp3) is 0.133. The predicted molar refractivity (Wildman–Crippen MR) is 75.0 cm³/mol. The van der Waals surface area contributed by atoms with Crippen molar-refractivity contribution in [3.8, 4) is 11.8 Å². The molecule has 0 spiro atoms. The first-order valence-corrected chi connectivity index (χ1v) is 6.23. The van der Waals surface area contributed by atoms with Crippen LogP contribution in [-0.2, 0) is 0 Å². The van der Waals surface area contributed by atoms with E-state index in [1.807, 2.05) is 18.2 Å². The van der Waals surface area contributed by atoms with Crippen LogP contribution in [0.15, 0.2) is 48.5 Å². The minimum atomic E-state index is -0.299. The van der Waals surface area contributed by atoms with Crippen LogP contribution in [0.5, 0.6) is 5.75 Å². The molecule has 0 heterocycles. The number of nitriles is 1. The van der Waals surface area contributed by atoms with Crippen LogP contribution >= 0.6 is 11.6 Å². The molecule has 0 bridgehead atoms. The van der Waals surface area contributed by atoms with E-state index in [1.54, 1.807) is 30.3 Å². The van der Waals surface area contributed by atoms with Crippen molar-refractivity contribution in [3.05, 3.63) is 64.7 Å². The zero-order chi connectivity index (χ0) is 13.7. The predicted octanol–water partition coefficient (Wildman–Crippen LogP) is 3.29. The summed E-state index contributed by atoms with van der Waals surface area (Å²) in [4.78, 5) is 0. The first-order valence-electron chi connectivity index (χ1n) is 5.86. The van der Waals surface area contributed by atoms with E-state index in [-0.39, 0.29) is 6.10 Å². The van der Waals surface area contributed by atoms with Gasteiger partial charge in [0.05, 0.1) is 5.56 Å². The van der Waals surface area contributed by atoms with E-state index in [1.165, 1.54) is 0 Å². The van der Waals surface area contributed by atoms with Gasteiger partial charge in [0.1, 0.15) is 17.9 Å². The molecule has 1 unspecified atom stereocenters. The zero-order valence-electron chi connectivity index (χ0n) is 10.2. The lowest BCUT2D eigenvalue weighted by Crippen LogP contribution is -2.18. The van der Waals surface area contributed by atoms with Crippen LogP contribution in [0.25, 0.3) is 0 Å². The Morgan fingerprint density at radius 2 is 1.84 bits per heavy atom. The van der Waals surface area contributed by atoms with E-state index in [2.05, 4.69) is 6.07 Å². The Bertz CT molecular complexity index is 590. The van der Waals surface area contributed by atoms with Gasteiger partial charge in [0.2, 0.25) is 0 Å². The van der Waals surface area contributed by atoms with E-state index in [4.69, 9.17) is 27.3 Å². The highest BCUT2D eigenvalue weighted by Crippen LogP contribution is 2.25. The van der Waals surface area contributed by atoms with Crippen LogP contribution in [0.1, 0.15) is 17.2 Å².